The van der Waals surface area contributed by atoms with E-state index in [1.807, 2.05) is 19.0 Å². The number of unbranched alkanes of at least 4 members (excludes halogenated alkanes) is 2. The van der Waals surface area contributed by atoms with Crippen LogP contribution in [0.1, 0.15) is 64.7 Å². The van der Waals surface area contributed by atoms with Crippen LogP contribution in [-0.2, 0) is 4.79 Å². The molecule has 1 fully saturated rings. The van der Waals surface area contributed by atoms with Crippen LogP contribution in [0.4, 0.5) is 0 Å². The minimum absolute atomic E-state index is 0.0777. The van der Waals surface area contributed by atoms with Gasteiger partial charge in [-0.3, -0.25) is 4.79 Å². The summed E-state index contributed by atoms with van der Waals surface area (Å²) >= 11 is 0. The van der Waals surface area contributed by atoms with Crippen molar-refractivity contribution in [2.75, 3.05) is 20.6 Å². The predicted octanol–water partition coefficient (Wildman–Crippen LogP) is 2.95. The third-order valence-electron chi connectivity index (χ3n) is 4.35. The van der Waals surface area contributed by atoms with Crippen molar-refractivity contribution in [2.24, 2.45) is 0 Å². The van der Waals surface area contributed by atoms with Crippen LogP contribution in [0.25, 0.3) is 0 Å². The minimum Gasteiger partial charge on any atom is -0.346 e. The highest BCUT2D eigenvalue weighted by molar-refractivity contribution is 5.77. The summed E-state index contributed by atoms with van der Waals surface area (Å²) in [5, 5.41) is 3.42. The molecule has 1 N–H and O–H groups in total. The van der Waals surface area contributed by atoms with E-state index in [0.29, 0.717) is 12.3 Å². The van der Waals surface area contributed by atoms with E-state index in [9.17, 15) is 4.79 Å². The first-order valence-corrected chi connectivity index (χ1v) is 7.56. The van der Waals surface area contributed by atoms with Crippen molar-refractivity contribution in [1.82, 2.24) is 10.2 Å². The molecule has 0 bridgehead atoms. The smallest absolute Gasteiger partial charge is 0.224 e. The van der Waals surface area contributed by atoms with Crippen LogP contribution < -0.4 is 5.32 Å². The molecule has 1 aliphatic carbocycles. The average molecular weight is 254 g/mol. The van der Waals surface area contributed by atoms with Gasteiger partial charge < -0.3 is 10.2 Å². The Bertz CT molecular complexity index is 247. The third-order valence-corrected chi connectivity index (χ3v) is 4.35. The molecule has 1 saturated carbocycles. The van der Waals surface area contributed by atoms with E-state index in [0.717, 1.165) is 25.8 Å². The van der Waals surface area contributed by atoms with Gasteiger partial charge in [-0.2, -0.15) is 0 Å². The maximum Gasteiger partial charge on any atom is 0.224 e. The summed E-state index contributed by atoms with van der Waals surface area (Å²) in [5.41, 5.74) is 0.0777. The maximum absolute atomic E-state index is 12.3. The Labute approximate surface area is 112 Å². The number of hydrogen-bond acceptors (Lipinski definition) is 2. The zero-order valence-electron chi connectivity index (χ0n) is 12.4. The molecule has 0 aromatic heterocycles. The van der Waals surface area contributed by atoms with Crippen LogP contribution in [0, 0.1) is 0 Å². The van der Waals surface area contributed by atoms with Crippen LogP contribution in [0.5, 0.6) is 0 Å². The first-order valence-electron chi connectivity index (χ1n) is 7.56. The zero-order chi connectivity index (χ0) is 13.4. The number of carbonyl (C=O) groups is 1. The van der Waals surface area contributed by atoms with E-state index in [1.54, 1.807) is 0 Å². The number of carbonyl (C=O) groups excluding carboxylic acids is 1. The van der Waals surface area contributed by atoms with Crippen LogP contribution in [-0.4, -0.2) is 37.0 Å². The largest absolute Gasteiger partial charge is 0.346 e. The minimum atomic E-state index is 0.0777. The molecule has 3 heteroatoms. The van der Waals surface area contributed by atoms with Crippen molar-refractivity contribution < 1.29 is 4.79 Å². The molecule has 1 aliphatic rings. The van der Waals surface area contributed by atoms with Gasteiger partial charge >= 0.3 is 0 Å². The Morgan fingerprint density at radius 1 is 1.22 bits per heavy atom. The van der Waals surface area contributed by atoms with Crippen molar-refractivity contribution in [3.05, 3.63) is 0 Å². The average Bonchev–Trinajstić information content (AvgIpc) is 2.40. The van der Waals surface area contributed by atoms with E-state index in [2.05, 4.69) is 12.2 Å². The molecule has 0 saturated heterocycles. The second-order valence-electron chi connectivity index (χ2n) is 5.79. The molecule has 0 heterocycles. The van der Waals surface area contributed by atoms with Crippen LogP contribution >= 0.6 is 0 Å². The summed E-state index contributed by atoms with van der Waals surface area (Å²) in [5.74, 6) is 0.308. The van der Waals surface area contributed by atoms with Crippen molar-refractivity contribution >= 4 is 5.91 Å². The molecular formula is C15H30N2O. The molecule has 0 aromatic carbocycles. The second-order valence-corrected chi connectivity index (χ2v) is 5.79. The van der Waals surface area contributed by atoms with E-state index in [1.165, 1.54) is 32.1 Å². The fourth-order valence-corrected chi connectivity index (χ4v) is 2.89. The molecule has 0 spiro atoms. The highest BCUT2D eigenvalue weighted by atomic mass is 16.2. The lowest BCUT2D eigenvalue weighted by atomic mass is 9.79. The summed E-state index contributed by atoms with van der Waals surface area (Å²) in [6, 6.07) is 0. The van der Waals surface area contributed by atoms with Gasteiger partial charge in [-0.25, -0.2) is 0 Å². The molecule has 1 rings (SSSR count). The number of amides is 1. The Morgan fingerprint density at radius 2 is 1.89 bits per heavy atom. The predicted molar refractivity (Wildman–Crippen MR) is 76.7 cm³/mol. The van der Waals surface area contributed by atoms with E-state index in [-0.39, 0.29) is 5.54 Å². The summed E-state index contributed by atoms with van der Waals surface area (Å²) in [6.07, 6.45) is 10.4. The molecule has 0 aliphatic heterocycles. The fraction of sp³-hybridized carbons (Fsp3) is 0.933. The van der Waals surface area contributed by atoms with Crippen LogP contribution in [0.2, 0.25) is 0 Å². The summed E-state index contributed by atoms with van der Waals surface area (Å²) in [4.78, 5) is 14.2. The first-order chi connectivity index (χ1) is 8.63. The quantitative estimate of drug-likeness (QED) is 0.708. The van der Waals surface area contributed by atoms with Crippen LogP contribution in [0.3, 0.4) is 0 Å². The van der Waals surface area contributed by atoms with Gasteiger partial charge in [0.25, 0.3) is 0 Å². The topological polar surface area (TPSA) is 32.3 Å². The Kier molecular flexibility index (Phi) is 6.69. The van der Waals surface area contributed by atoms with Gasteiger partial charge in [-0.15, -0.1) is 0 Å². The highest BCUT2D eigenvalue weighted by Gasteiger charge is 2.33. The monoisotopic (exact) mass is 254 g/mol. The lowest BCUT2D eigenvalue weighted by molar-refractivity contribution is -0.131. The van der Waals surface area contributed by atoms with Gasteiger partial charge in [0, 0.05) is 25.6 Å². The van der Waals surface area contributed by atoms with Gasteiger partial charge in [0.15, 0.2) is 0 Å². The van der Waals surface area contributed by atoms with Gasteiger partial charge in [0.05, 0.1) is 0 Å². The SMILES string of the molecule is CCCCCN(C)C(=O)CC1(NC)CCCCC1. The molecule has 1 amide bonds. The molecule has 0 unspecified atom stereocenters. The first kappa shape index (κ1) is 15.5. The zero-order valence-corrected chi connectivity index (χ0v) is 12.4. The van der Waals surface area contributed by atoms with E-state index in [4.69, 9.17) is 0 Å². The lowest BCUT2D eigenvalue weighted by Gasteiger charge is -2.37. The molecule has 18 heavy (non-hydrogen) atoms. The number of nitrogens with one attached hydrogen (secondary N) is 1. The molecule has 0 aromatic rings. The molecule has 0 atom stereocenters. The van der Waals surface area contributed by atoms with Gasteiger partial charge in [0.1, 0.15) is 0 Å². The fourth-order valence-electron chi connectivity index (χ4n) is 2.89. The highest BCUT2D eigenvalue weighted by Crippen LogP contribution is 2.31. The summed E-state index contributed by atoms with van der Waals surface area (Å²) in [7, 11) is 3.96. The lowest BCUT2D eigenvalue weighted by Crippen LogP contribution is -2.48. The van der Waals surface area contributed by atoms with Crippen molar-refractivity contribution in [3.8, 4) is 0 Å². The number of hydrogen-bond donors (Lipinski definition) is 1. The summed E-state index contributed by atoms with van der Waals surface area (Å²) < 4.78 is 0. The van der Waals surface area contributed by atoms with Crippen molar-refractivity contribution in [2.45, 2.75) is 70.3 Å². The number of rotatable bonds is 7. The summed E-state index contributed by atoms with van der Waals surface area (Å²) in [6.45, 7) is 3.10. The van der Waals surface area contributed by atoms with Crippen LogP contribution in [0.15, 0.2) is 0 Å². The van der Waals surface area contributed by atoms with Crippen molar-refractivity contribution in [3.63, 3.8) is 0 Å². The van der Waals surface area contributed by atoms with Gasteiger partial charge in [-0.1, -0.05) is 39.0 Å². The number of nitrogens with zero attached hydrogens (tertiary/aromatic N) is 1. The second kappa shape index (κ2) is 7.78. The Hall–Kier alpha value is -0.570. The van der Waals surface area contributed by atoms with E-state index < -0.39 is 0 Å². The van der Waals surface area contributed by atoms with Gasteiger partial charge in [0.2, 0.25) is 5.91 Å². The Balaban J connectivity index is 2.40. The molecular weight excluding hydrogens is 224 g/mol. The molecule has 0 radical (unpaired) electrons. The Morgan fingerprint density at radius 3 is 2.44 bits per heavy atom. The van der Waals surface area contributed by atoms with E-state index >= 15 is 0 Å². The van der Waals surface area contributed by atoms with Crippen molar-refractivity contribution in [1.29, 1.82) is 0 Å². The normalized spacial score (nSPS) is 18.6. The standard InChI is InChI=1S/C15H30N2O/c1-4-5-9-12-17(3)14(18)13-15(16-2)10-7-6-8-11-15/h16H,4-13H2,1-3H3. The van der Waals surface area contributed by atoms with Gasteiger partial charge in [-0.05, 0) is 26.3 Å². The molecule has 3 nitrogen and oxygen atoms in total. The molecule has 106 valence electrons. The maximum atomic E-state index is 12.3. The third kappa shape index (κ3) is 4.60.